The van der Waals surface area contributed by atoms with Crippen LogP contribution in [0.25, 0.3) is 0 Å². The first-order valence-corrected chi connectivity index (χ1v) is 8.13. The Morgan fingerprint density at radius 2 is 1.80 bits per heavy atom. The van der Waals surface area contributed by atoms with E-state index in [0.29, 0.717) is 19.1 Å². The highest BCUT2D eigenvalue weighted by molar-refractivity contribution is 14.0. The van der Waals surface area contributed by atoms with Gasteiger partial charge in [-0.2, -0.15) is 0 Å². The Balaban J connectivity index is 0.00000312. The molecule has 136 valence electrons. The lowest BCUT2D eigenvalue weighted by Crippen LogP contribution is -2.22. The minimum Gasteiger partial charge on any atom is -0.494 e. The first-order chi connectivity index (χ1) is 11.6. The van der Waals surface area contributed by atoms with Crippen LogP contribution < -0.4 is 20.5 Å². The number of para-hydroxylation sites is 1. The van der Waals surface area contributed by atoms with Crippen LogP contribution in [0.3, 0.4) is 0 Å². The number of benzene rings is 2. The summed E-state index contributed by atoms with van der Waals surface area (Å²) in [4.78, 5) is 4.38. The van der Waals surface area contributed by atoms with Crippen molar-refractivity contribution in [3.8, 4) is 11.5 Å². The fourth-order valence-electron chi connectivity index (χ4n) is 2.18. The Morgan fingerprint density at radius 3 is 2.44 bits per heavy atom. The number of nitrogens with two attached hydrogens (primary N) is 1. The van der Waals surface area contributed by atoms with Crippen molar-refractivity contribution in [2.24, 2.45) is 10.7 Å². The number of ether oxygens (including phenoxy) is 2. The largest absolute Gasteiger partial charge is 0.494 e. The van der Waals surface area contributed by atoms with Gasteiger partial charge in [0.05, 0.1) is 19.3 Å². The van der Waals surface area contributed by atoms with Crippen LogP contribution >= 0.6 is 24.0 Å². The number of hydrogen-bond acceptors (Lipinski definition) is 3. The molecule has 0 amide bonds. The monoisotopic (exact) mass is 455 g/mol. The van der Waals surface area contributed by atoms with Crippen molar-refractivity contribution in [1.82, 2.24) is 0 Å². The van der Waals surface area contributed by atoms with Crippen LogP contribution in [-0.2, 0) is 6.54 Å². The molecule has 0 aromatic heterocycles. The second kappa shape index (κ2) is 10.8. The van der Waals surface area contributed by atoms with Gasteiger partial charge in [-0.1, -0.05) is 18.2 Å². The smallest absolute Gasteiger partial charge is 0.193 e. The Morgan fingerprint density at radius 1 is 1.12 bits per heavy atom. The molecule has 0 fully saturated rings. The third-order valence-corrected chi connectivity index (χ3v) is 3.19. The zero-order chi connectivity index (χ0) is 17.4. The van der Waals surface area contributed by atoms with E-state index in [-0.39, 0.29) is 30.1 Å². The summed E-state index contributed by atoms with van der Waals surface area (Å²) in [6.07, 6.45) is 0.154. The lowest BCUT2D eigenvalue weighted by molar-refractivity contribution is 0.242. The first-order valence-electron chi connectivity index (χ1n) is 8.13. The molecule has 3 N–H and O–H groups in total. The minimum atomic E-state index is 0. The number of nitrogens with zero attached hydrogens (tertiary/aromatic N) is 1. The maximum atomic E-state index is 5.96. The van der Waals surface area contributed by atoms with E-state index in [0.717, 1.165) is 22.7 Å². The van der Waals surface area contributed by atoms with Crippen LogP contribution in [0.15, 0.2) is 53.5 Å². The quantitative estimate of drug-likeness (QED) is 0.369. The van der Waals surface area contributed by atoms with Crippen LogP contribution in [0.4, 0.5) is 5.69 Å². The molecule has 25 heavy (non-hydrogen) atoms. The predicted octanol–water partition coefficient (Wildman–Crippen LogP) is 4.42. The number of anilines is 1. The summed E-state index contributed by atoms with van der Waals surface area (Å²) in [5.74, 6) is 2.03. The third kappa shape index (κ3) is 7.21. The Hall–Kier alpha value is -1.96. The van der Waals surface area contributed by atoms with E-state index in [1.807, 2.05) is 69.3 Å². The number of hydrogen-bond donors (Lipinski definition) is 2. The molecule has 6 heteroatoms. The minimum absolute atomic E-state index is 0. The van der Waals surface area contributed by atoms with Crippen molar-refractivity contribution < 1.29 is 9.47 Å². The van der Waals surface area contributed by atoms with E-state index in [2.05, 4.69) is 10.3 Å². The second-order valence-corrected chi connectivity index (χ2v) is 5.56. The molecule has 2 aromatic rings. The SMILES string of the molecule is CCOc1ccccc1CN=C(N)Nc1ccc(OC(C)C)cc1.I. The molecule has 2 rings (SSSR count). The Kier molecular flexibility index (Phi) is 9.12. The third-order valence-electron chi connectivity index (χ3n) is 3.19. The van der Waals surface area contributed by atoms with Crippen molar-refractivity contribution in [1.29, 1.82) is 0 Å². The molecule has 0 aliphatic heterocycles. The Labute approximate surface area is 166 Å². The summed E-state index contributed by atoms with van der Waals surface area (Å²) < 4.78 is 11.2. The molecule has 0 saturated carbocycles. The maximum absolute atomic E-state index is 5.96. The molecule has 0 spiro atoms. The zero-order valence-electron chi connectivity index (χ0n) is 14.9. The average Bonchev–Trinajstić information content (AvgIpc) is 2.56. The molecule has 0 radical (unpaired) electrons. The predicted molar refractivity (Wildman–Crippen MR) is 114 cm³/mol. The summed E-state index contributed by atoms with van der Waals surface area (Å²) in [7, 11) is 0. The van der Waals surface area contributed by atoms with Crippen LogP contribution in [0, 0.1) is 0 Å². The fourth-order valence-corrected chi connectivity index (χ4v) is 2.18. The molecule has 0 heterocycles. The summed E-state index contributed by atoms with van der Waals surface area (Å²) >= 11 is 0. The van der Waals surface area contributed by atoms with Crippen LogP contribution in [0.5, 0.6) is 11.5 Å². The van der Waals surface area contributed by atoms with Crippen molar-refractivity contribution in [3.63, 3.8) is 0 Å². The van der Waals surface area contributed by atoms with Gasteiger partial charge < -0.3 is 20.5 Å². The summed E-state index contributed by atoms with van der Waals surface area (Å²) in [5.41, 5.74) is 7.83. The van der Waals surface area contributed by atoms with Gasteiger partial charge in [0.1, 0.15) is 11.5 Å². The number of halogens is 1. The standard InChI is InChI=1S/C19H25N3O2.HI/c1-4-23-18-8-6-5-7-15(18)13-21-19(20)22-16-9-11-17(12-10-16)24-14(2)3;/h5-12,14H,4,13H2,1-3H3,(H3,20,21,22);1H. The highest BCUT2D eigenvalue weighted by Crippen LogP contribution is 2.19. The van der Waals surface area contributed by atoms with Gasteiger partial charge in [-0.25, -0.2) is 4.99 Å². The topological polar surface area (TPSA) is 68.9 Å². The lowest BCUT2D eigenvalue weighted by atomic mass is 10.2. The van der Waals surface area contributed by atoms with E-state index < -0.39 is 0 Å². The summed E-state index contributed by atoms with van der Waals surface area (Å²) in [6.45, 7) is 7.04. The molecule has 5 nitrogen and oxygen atoms in total. The van der Waals surface area contributed by atoms with E-state index in [1.54, 1.807) is 0 Å². The first kappa shape index (κ1) is 21.1. The molecule has 0 saturated heterocycles. The molecular weight excluding hydrogens is 429 g/mol. The van der Waals surface area contributed by atoms with Crippen LogP contribution in [0.1, 0.15) is 26.3 Å². The van der Waals surface area contributed by atoms with E-state index in [9.17, 15) is 0 Å². The summed E-state index contributed by atoms with van der Waals surface area (Å²) in [6, 6.07) is 15.5. The Bertz CT molecular complexity index is 673. The molecule has 0 aliphatic carbocycles. The molecule has 0 atom stereocenters. The molecule has 0 unspecified atom stereocenters. The molecule has 0 aliphatic rings. The number of nitrogens with one attached hydrogen (secondary N) is 1. The fraction of sp³-hybridized carbons (Fsp3) is 0.316. The van der Waals surface area contributed by atoms with Crippen LogP contribution in [0.2, 0.25) is 0 Å². The van der Waals surface area contributed by atoms with E-state index in [4.69, 9.17) is 15.2 Å². The average molecular weight is 455 g/mol. The van der Waals surface area contributed by atoms with E-state index in [1.165, 1.54) is 0 Å². The van der Waals surface area contributed by atoms with Gasteiger partial charge in [-0.15, -0.1) is 24.0 Å². The summed E-state index contributed by atoms with van der Waals surface area (Å²) in [5, 5.41) is 3.08. The van der Waals surface area contributed by atoms with E-state index >= 15 is 0 Å². The maximum Gasteiger partial charge on any atom is 0.193 e. The van der Waals surface area contributed by atoms with Gasteiger partial charge in [-0.3, -0.25) is 0 Å². The highest BCUT2D eigenvalue weighted by atomic mass is 127. The van der Waals surface area contributed by atoms with Crippen molar-refractivity contribution in [2.45, 2.75) is 33.4 Å². The van der Waals surface area contributed by atoms with Gasteiger partial charge >= 0.3 is 0 Å². The molecular formula is C19H26IN3O2. The van der Waals surface area contributed by atoms with Gasteiger partial charge in [-0.05, 0) is 51.1 Å². The zero-order valence-corrected chi connectivity index (χ0v) is 17.2. The van der Waals surface area contributed by atoms with Gasteiger partial charge in [0.25, 0.3) is 0 Å². The number of guanidine groups is 1. The van der Waals surface area contributed by atoms with Gasteiger partial charge in [0, 0.05) is 11.3 Å². The van der Waals surface area contributed by atoms with Gasteiger partial charge in [0.15, 0.2) is 5.96 Å². The van der Waals surface area contributed by atoms with Crippen LogP contribution in [-0.4, -0.2) is 18.7 Å². The molecule has 0 bridgehead atoms. The number of rotatable bonds is 7. The van der Waals surface area contributed by atoms with Crippen molar-refractivity contribution >= 4 is 35.6 Å². The van der Waals surface area contributed by atoms with Gasteiger partial charge in [0.2, 0.25) is 0 Å². The normalized spacial score (nSPS) is 11.0. The molecule has 2 aromatic carbocycles. The number of aliphatic imine (C=N–C) groups is 1. The van der Waals surface area contributed by atoms with Crippen molar-refractivity contribution in [2.75, 3.05) is 11.9 Å². The second-order valence-electron chi connectivity index (χ2n) is 5.56. The van der Waals surface area contributed by atoms with Crippen molar-refractivity contribution in [3.05, 3.63) is 54.1 Å². The lowest BCUT2D eigenvalue weighted by Gasteiger charge is -2.11. The highest BCUT2D eigenvalue weighted by Gasteiger charge is 2.03.